The Balaban J connectivity index is 2.03. The summed E-state index contributed by atoms with van der Waals surface area (Å²) in [4.78, 5) is 45.7. The van der Waals surface area contributed by atoms with Gasteiger partial charge < -0.3 is 20.4 Å². The molecule has 196 valence electrons. The van der Waals surface area contributed by atoms with Crippen molar-refractivity contribution in [3.05, 3.63) is 107 Å². The van der Waals surface area contributed by atoms with Crippen LogP contribution in [-0.4, -0.2) is 52.7 Å². The molecule has 4 aromatic carbocycles. The van der Waals surface area contributed by atoms with Crippen molar-refractivity contribution >= 4 is 33.7 Å². The van der Waals surface area contributed by atoms with Gasteiger partial charge in [0.25, 0.3) is 0 Å². The standard InChI is InChI=1S/C28H18O10S/c29-25(30)17-5-1-3-15(11-17)21-13-19(27(33)34)7-9-23(21)39(37,38)24-10-8-20(28(35)36)14-22(24)16-4-2-6-18(12-16)26(31)32/h1-14H,(H,29,30)(H,31,32)(H,33,34)(H,35,36). The Hall–Kier alpha value is -5.29. The first kappa shape index (κ1) is 26.8. The van der Waals surface area contributed by atoms with Gasteiger partial charge in [-0.05, 0) is 71.8 Å². The Kier molecular flexibility index (Phi) is 7.02. The summed E-state index contributed by atoms with van der Waals surface area (Å²) in [5, 5.41) is 37.8. The molecule has 0 aliphatic heterocycles. The fourth-order valence-corrected chi connectivity index (χ4v) is 5.67. The largest absolute Gasteiger partial charge is 0.478 e. The summed E-state index contributed by atoms with van der Waals surface area (Å²) in [5.74, 6) is -5.24. The number of benzene rings is 4. The Labute approximate surface area is 221 Å². The maximum atomic E-state index is 14.1. The Morgan fingerprint density at radius 3 is 1.13 bits per heavy atom. The number of rotatable bonds is 8. The number of hydrogen-bond acceptors (Lipinski definition) is 6. The van der Waals surface area contributed by atoms with Gasteiger partial charge in [-0.15, -0.1) is 0 Å². The lowest BCUT2D eigenvalue weighted by Crippen LogP contribution is -2.09. The van der Waals surface area contributed by atoms with Crippen LogP contribution in [0.15, 0.2) is 94.7 Å². The van der Waals surface area contributed by atoms with Crippen LogP contribution in [0.3, 0.4) is 0 Å². The van der Waals surface area contributed by atoms with Crippen molar-refractivity contribution in [1.29, 1.82) is 0 Å². The lowest BCUT2D eigenvalue weighted by Gasteiger charge is -2.16. The molecular weight excluding hydrogens is 528 g/mol. The number of carboxylic acid groups (broad SMARTS) is 4. The van der Waals surface area contributed by atoms with Gasteiger partial charge in [0, 0.05) is 11.1 Å². The Morgan fingerprint density at radius 1 is 0.462 bits per heavy atom. The molecule has 0 atom stereocenters. The lowest BCUT2D eigenvalue weighted by atomic mass is 10.0. The second-order valence-corrected chi connectivity index (χ2v) is 10.2. The van der Waals surface area contributed by atoms with Crippen LogP contribution < -0.4 is 0 Å². The predicted molar refractivity (Wildman–Crippen MR) is 137 cm³/mol. The van der Waals surface area contributed by atoms with Crippen molar-refractivity contribution in [2.75, 3.05) is 0 Å². The van der Waals surface area contributed by atoms with Crippen LogP contribution in [0.5, 0.6) is 0 Å². The topological polar surface area (TPSA) is 183 Å². The number of carboxylic acids is 4. The molecule has 0 aliphatic carbocycles. The molecule has 0 radical (unpaired) electrons. The summed E-state index contributed by atoms with van der Waals surface area (Å²) >= 11 is 0. The maximum absolute atomic E-state index is 14.1. The summed E-state index contributed by atoms with van der Waals surface area (Å²) < 4.78 is 28.2. The van der Waals surface area contributed by atoms with Crippen LogP contribution in [0.4, 0.5) is 0 Å². The summed E-state index contributed by atoms with van der Waals surface area (Å²) in [5.41, 5.74) is -0.764. The van der Waals surface area contributed by atoms with E-state index in [0.717, 1.165) is 36.4 Å². The zero-order valence-corrected chi connectivity index (χ0v) is 20.5. The molecule has 4 rings (SSSR count). The Bertz CT molecular complexity index is 1660. The molecule has 0 heterocycles. The van der Waals surface area contributed by atoms with Crippen LogP contribution in [0.1, 0.15) is 41.4 Å². The molecule has 0 amide bonds. The highest BCUT2D eigenvalue weighted by atomic mass is 32.2. The van der Waals surface area contributed by atoms with Gasteiger partial charge in [-0.3, -0.25) is 0 Å². The van der Waals surface area contributed by atoms with Crippen LogP contribution in [-0.2, 0) is 9.84 Å². The molecule has 0 saturated carbocycles. The minimum atomic E-state index is -4.53. The van der Waals surface area contributed by atoms with Gasteiger partial charge in [0.05, 0.1) is 32.0 Å². The van der Waals surface area contributed by atoms with Crippen molar-refractivity contribution in [3.63, 3.8) is 0 Å². The van der Waals surface area contributed by atoms with E-state index < -0.39 is 33.7 Å². The molecule has 0 fully saturated rings. The van der Waals surface area contributed by atoms with E-state index in [9.17, 15) is 48.0 Å². The zero-order chi connectivity index (χ0) is 28.5. The summed E-state index contributed by atoms with van der Waals surface area (Å²) in [7, 11) is -4.53. The van der Waals surface area contributed by atoms with Gasteiger partial charge in [-0.2, -0.15) is 0 Å². The van der Waals surface area contributed by atoms with E-state index in [2.05, 4.69) is 0 Å². The fraction of sp³-hybridized carbons (Fsp3) is 0. The molecule has 39 heavy (non-hydrogen) atoms. The number of sulfone groups is 1. The third-order valence-corrected chi connectivity index (χ3v) is 7.74. The number of aromatic carboxylic acids is 4. The minimum Gasteiger partial charge on any atom is -0.478 e. The molecule has 0 aliphatic rings. The smallest absolute Gasteiger partial charge is 0.335 e. The molecule has 10 nitrogen and oxygen atoms in total. The monoisotopic (exact) mass is 546 g/mol. The molecule has 11 heteroatoms. The van der Waals surface area contributed by atoms with Gasteiger partial charge in [0.15, 0.2) is 0 Å². The maximum Gasteiger partial charge on any atom is 0.335 e. The fourth-order valence-electron chi connectivity index (χ4n) is 4.00. The molecule has 0 spiro atoms. The molecule has 4 aromatic rings. The van der Waals surface area contributed by atoms with E-state index in [4.69, 9.17) is 0 Å². The summed E-state index contributed by atoms with van der Waals surface area (Å²) in [6.45, 7) is 0. The molecule has 4 N–H and O–H groups in total. The van der Waals surface area contributed by atoms with Crippen LogP contribution in [0.25, 0.3) is 22.3 Å². The minimum absolute atomic E-state index is 0.0921. The third kappa shape index (κ3) is 5.24. The first-order valence-corrected chi connectivity index (χ1v) is 12.6. The molecule has 0 bridgehead atoms. The van der Waals surface area contributed by atoms with Gasteiger partial charge in [0.2, 0.25) is 9.84 Å². The van der Waals surface area contributed by atoms with Crippen LogP contribution in [0.2, 0.25) is 0 Å². The van der Waals surface area contributed by atoms with E-state index in [0.29, 0.717) is 0 Å². The first-order valence-electron chi connectivity index (χ1n) is 11.1. The van der Waals surface area contributed by atoms with E-state index in [1.807, 2.05) is 0 Å². The van der Waals surface area contributed by atoms with E-state index in [-0.39, 0.29) is 54.3 Å². The molecule has 0 unspecified atom stereocenters. The number of carbonyl (C=O) groups is 4. The van der Waals surface area contributed by atoms with Crippen LogP contribution in [0, 0.1) is 0 Å². The van der Waals surface area contributed by atoms with Crippen LogP contribution >= 0.6 is 0 Å². The highest BCUT2D eigenvalue weighted by Crippen LogP contribution is 2.38. The van der Waals surface area contributed by atoms with E-state index in [1.54, 1.807) is 0 Å². The van der Waals surface area contributed by atoms with Gasteiger partial charge >= 0.3 is 23.9 Å². The SMILES string of the molecule is O=C(O)c1cccc(-c2cc(C(=O)O)ccc2S(=O)(=O)c2ccc(C(=O)O)cc2-c2cccc(C(=O)O)c2)c1. The van der Waals surface area contributed by atoms with E-state index >= 15 is 0 Å². The van der Waals surface area contributed by atoms with Crippen molar-refractivity contribution in [1.82, 2.24) is 0 Å². The van der Waals surface area contributed by atoms with Gasteiger partial charge in [-0.25, -0.2) is 27.6 Å². The Morgan fingerprint density at radius 2 is 0.795 bits per heavy atom. The summed E-state index contributed by atoms with van der Waals surface area (Å²) in [6.07, 6.45) is 0. The average Bonchev–Trinajstić information content (AvgIpc) is 2.92. The molecular formula is C28H18O10S. The second-order valence-electron chi connectivity index (χ2n) is 8.31. The van der Waals surface area contributed by atoms with Gasteiger partial charge in [-0.1, -0.05) is 24.3 Å². The highest BCUT2D eigenvalue weighted by molar-refractivity contribution is 7.91. The highest BCUT2D eigenvalue weighted by Gasteiger charge is 2.28. The molecule has 0 saturated heterocycles. The normalized spacial score (nSPS) is 11.1. The first-order chi connectivity index (χ1) is 18.4. The quantitative estimate of drug-likeness (QED) is 0.243. The van der Waals surface area contributed by atoms with Gasteiger partial charge in [0.1, 0.15) is 0 Å². The molecule has 0 aromatic heterocycles. The van der Waals surface area contributed by atoms with Crippen molar-refractivity contribution < 1.29 is 48.0 Å². The van der Waals surface area contributed by atoms with Crippen molar-refractivity contribution in [2.45, 2.75) is 9.79 Å². The van der Waals surface area contributed by atoms with E-state index in [1.165, 1.54) is 48.5 Å². The lowest BCUT2D eigenvalue weighted by molar-refractivity contribution is 0.0686. The number of hydrogen-bond donors (Lipinski definition) is 4. The third-order valence-electron chi connectivity index (χ3n) is 5.87. The predicted octanol–water partition coefficient (Wildman–Crippen LogP) is 4.65. The van der Waals surface area contributed by atoms with Crippen molar-refractivity contribution in [2.24, 2.45) is 0 Å². The summed E-state index contributed by atoms with van der Waals surface area (Å²) in [6, 6.07) is 17.1. The average molecular weight is 547 g/mol. The zero-order valence-electron chi connectivity index (χ0n) is 19.7. The second kappa shape index (κ2) is 10.2. The van der Waals surface area contributed by atoms with Crippen molar-refractivity contribution in [3.8, 4) is 22.3 Å².